The molecule has 1 saturated heterocycles. The summed E-state index contributed by atoms with van der Waals surface area (Å²) >= 11 is 0. The second-order valence-corrected chi connectivity index (χ2v) is 6.82. The van der Waals surface area contributed by atoms with Crippen LogP contribution in [0.4, 0.5) is 13.2 Å². The highest BCUT2D eigenvalue weighted by atomic mass is 19.4. The zero-order chi connectivity index (χ0) is 17.1. The number of halogens is 3. The highest BCUT2D eigenvalue weighted by Crippen LogP contribution is 2.41. The Morgan fingerprint density at radius 1 is 1.17 bits per heavy atom. The van der Waals surface area contributed by atoms with Gasteiger partial charge in [-0.2, -0.15) is 18.4 Å². The monoisotopic (exact) mass is 324 g/mol. The van der Waals surface area contributed by atoms with Crippen molar-refractivity contribution < 1.29 is 13.2 Å². The largest absolute Gasteiger partial charge is 0.416 e. The molecule has 0 radical (unpaired) electrons. The van der Waals surface area contributed by atoms with Crippen LogP contribution in [0.2, 0.25) is 0 Å². The molecule has 5 heteroatoms. The number of likely N-dealkylation sites (tertiary alicyclic amines) is 1. The first-order valence-electron chi connectivity index (χ1n) is 8.02. The van der Waals surface area contributed by atoms with Crippen molar-refractivity contribution in [2.45, 2.75) is 45.8 Å². The molecule has 0 atom stereocenters. The molecule has 0 unspecified atom stereocenters. The van der Waals surface area contributed by atoms with Crippen molar-refractivity contribution in [1.82, 2.24) is 4.90 Å². The molecule has 0 aromatic heterocycles. The second kappa shape index (κ2) is 6.92. The van der Waals surface area contributed by atoms with Gasteiger partial charge in [0.05, 0.1) is 11.6 Å². The summed E-state index contributed by atoms with van der Waals surface area (Å²) in [6.45, 7) is 6.78. The van der Waals surface area contributed by atoms with Gasteiger partial charge in [0.15, 0.2) is 0 Å². The number of benzene rings is 1. The Labute approximate surface area is 135 Å². The third kappa shape index (κ3) is 4.26. The van der Waals surface area contributed by atoms with Crippen LogP contribution in [0, 0.1) is 22.7 Å². The first-order valence-corrected chi connectivity index (χ1v) is 8.02. The molecule has 0 bridgehead atoms. The average molecular weight is 324 g/mol. The third-order valence-corrected chi connectivity index (χ3v) is 5.20. The summed E-state index contributed by atoms with van der Waals surface area (Å²) in [5.41, 5.74) is 0.383. The quantitative estimate of drug-likeness (QED) is 0.791. The molecule has 23 heavy (non-hydrogen) atoms. The maximum absolute atomic E-state index is 12.6. The fourth-order valence-corrected chi connectivity index (χ4v) is 3.33. The predicted molar refractivity (Wildman–Crippen MR) is 83.5 cm³/mol. The molecule has 0 spiro atoms. The maximum atomic E-state index is 12.6. The van der Waals surface area contributed by atoms with Gasteiger partial charge in [-0.1, -0.05) is 26.0 Å². The molecular weight excluding hydrogens is 301 g/mol. The molecule has 1 aromatic carbocycles. The van der Waals surface area contributed by atoms with Crippen LogP contribution in [0.1, 0.15) is 44.2 Å². The Hall–Kier alpha value is -1.54. The van der Waals surface area contributed by atoms with E-state index in [4.69, 9.17) is 5.26 Å². The van der Waals surface area contributed by atoms with Crippen LogP contribution < -0.4 is 0 Å². The molecule has 1 aliphatic heterocycles. The summed E-state index contributed by atoms with van der Waals surface area (Å²) in [4.78, 5) is 2.26. The van der Waals surface area contributed by atoms with Crippen molar-refractivity contribution in [3.8, 4) is 6.07 Å². The number of alkyl halides is 3. The lowest BCUT2D eigenvalue weighted by atomic mass is 9.68. The first kappa shape index (κ1) is 17.8. The lowest BCUT2D eigenvalue weighted by Crippen LogP contribution is -2.42. The lowest BCUT2D eigenvalue weighted by molar-refractivity contribution is -0.137. The zero-order valence-corrected chi connectivity index (χ0v) is 13.7. The molecule has 2 rings (SSSR count). The van der Waals surface area contributed by atoms with Gasteiger partial charge in [0.2, 0.25) is 0 Å². The summed E-state index contributed by atoms with van der Waals surface area (Å²) in [6, 6.07) is 7.73. The normalized spacial score (nSPS) is 18.8. The summed E-state index contributed by atoms with van der Waals surface area (Å²) in [5.74, 6) is 0.468. The average Bonchev–Trinajstić information content (AvgIpc) is 2.49. The fourth-order valence-electron chi connectivity index (χ4n) is 3.33. The van der Waals surface area contributed by atoms with Crippen molar-refractivity contribution in [3.63, 3.8) is 0 Å². The number of nitrogens with zero attached hydrogens (tertiary/aromatic N) is 2. The van der Waals surface area contributed by atoms with Gasteiger partial charge in [0.1, 0.15) is 0 Å². The zero-order valence-electron chi connectivity index (χ0n) is 13.7. The van der Waals surface area contributed by atoms with E-state index in [0.717, 1.165) is 43.6 Å². The molecule has 0 N–H and O–H groups in total. The van der Waals surface area contributed by atoms with E-state index in [1.54, 1.807) is 12.1 Å². The van der Waals surface area contributed by atoms with Gasteiger partial charge >= 0.3 is 6.18 Å². The van der Waals surface area contributed by atoms with E-state index in [9.17, 15) is 13.2 Å². The maximum Gasteiger partial charge on any atom is 0.416 e. The van der Waals surface area contributed by atoms with Crippen LogP contribution >= 0.6 is 0 Å². The van der Waals surface area contributed by atoms with E-state index in [1.807, 2.05) is 0 Å². The van der Waals surface area contributed by atoms with Crippen LogP contribution in [0.5, 0.6) is 0 Å². The Balaban J connectivity index is 1.95. The van der Waals surface area contributed by atoms with Crippen LogP contribution in [-0.2, 0) is 12.7 Å². The van der Waals surface area contributed by atoms with Gasteiger partial charge < -0.3 is 0 Å². The van der Waals surface area contributed by atoms with Crippen LogP contribution in [0.3, 0.4) is 0 Å². The van der Waals surface area contributed by atoms with Crippen LogP contribution in [0.15, 0.2) is 24.3 Å². The molecule has 1 heterocycles. The molecule has 0 aliphatic carbocycles. The number of piperidine rings is 1. The summed E-state index contributed by atoms with van der Waals surface area (Å²) in [6.07, 6.45) is -1.76. The number of hydrogen-bond donors (Lipinski definition) is 0. The molecule has 126 valence electrons. The van der Waals surface area contributed by atoms with Crippen molar-refractivity contribution in [3.05, 3.63) is 35.4 Å². The van der Waals surface area contributed by atoms with Crippen LogP contribution in [-0.4, -0.2) is 18.0 Å². The fraction of sp³-hybridized carbons (Fsp3) is 0.611. The summed E-state index contributed by atoms with van der Waals surface area (Å²) in [7, 11) is 0. The Kier molecular flexibility index (Phi) is 5.36. The lowest BCUT2D eigenvalue weighted by Gasteiger charge is -2.43. The van der Waals surface area contributed by atoms with Gasteiger partial charge in [0, 0.05) is 13.0 Å². The second-order valence-electron chi connectivity index (χ2n) is 6.82. The van der Waals surface area contributed by atoms with Crippen LogP contribution in [0.25, 0.3) is 0 Å². The molecule has 0 saturated carbocycles. The van der Waals surface area contributed by atoms with Crippen molar-refractivity contribution in [1.29, 1.82) is 5.26 Å². The highest BCUT2D eigenvalue weighted by Gasteiger charge is 2.37. The Morgan fingerprint density at radius 2 is 1.74 bits per heavy atom. The van der Waals surface area contributed by atoms with Crippen molar-refractivity contribution >= 4 is 0 Å². The molecule has 1 aliphatic rings. The van der Waals surface area contributed by atoms with Gasteiger partial charge in [-0.05, 0) is 55.0 Å². The minimum atomic E-state index is -4.28. The molecular formula is C18H23F3N2. The van der Waals surface area contributed by atoms with Gasteiger partial charge in [0.25, 0.3) is 0 Å². The minimum absolute atomic E-state index is 0.0887. The summed E-state index contributed by atoms with van der Waals surface area (Å²) in [5, 5.41) is 9.07. The Bertz CT molecular complexity index is 547. The predicted octanol–water partition coefficient (Wildman–Crippen LogP) is 4.86. The van der Waals surface area contributed by atoms with Gasteiger partial charge in [-0.3, -0.25) is 4.90 Å². The number of rotatable bonds is 4. The molecule has 1 fully saturated rings. The SMILES string of the molecule is CC(C)C1(CC#N)CCN(Cc2ccc(C(F)(F)F)cc2)CC1. The third-order valence-electron chi connectivity index (χ3n) is 5.20. The molecule has 2 nitrogen and oxygen atoms in total. The van der Waals surface area contributed by atoms with E-state index in [0.29, 0.717) is 18.9 Å². The van der Waals surface area contributed by atoms with Crippen molar-refractivity contribution in [2.75, 3.05) is 13.1 Å². The van der Waals surface area contributed by atoms with E-state index < -0.39 is 11.7 Å². The Morgan fingerprint density at radius 3 is 2.17 bits per heavy atom. The smallest absolute Gasteiger partial charge is 0.299 e. The highest BCUT2D eigenvalue weighted by molar-refractivity contribution is 5.24. The first-order chi connectivity index (χ1) is 10.8. The standard InChI is InChI=1S/C18H23F3N2/c1-14(2)17(7-10-22)8-11-23(12-9-17)13-15-3-5-16(6-4-15)18(19,20)21/h3-6,14H,7-9,11-13H2,1-2H3. The number of hydrogen-bond acceptors (Lipinski definition) is 2. The van der Waals surface area contributed by atoms with Crippen molar-refractivity contribution in [2.24, 2.45) is 11.3 Å². The van der Waals surface area contributed by atoms with E-state index in [-0.39, 0.29) is 5.41 Å². The van der Waals surface area contributed by atoms with Gasteiger partial charge in [-0.25, -0.2) is 0 Å². The molecule has 0 amide bonds. The molecule has 1 aromatic rings. The summed E-state index contributed by atoms with van der Waals surface area (Å²) < 4.78 is 37.7. The van der Waals surface area contributed by atoms with E-state index in [2.05, 4.69) is 24.8 Å². The number of nitriles is 1. The topological polar surface area (TPSA) is 27.0 Å². The van der Waals surface area contributed by atoms with Gasteiger partial charge in [-0.15, -0.1) is 0 Å². The van der Waals surface area contributed by atoms with E-state index in [1.165, 1.54) is 0 Å². The minimum Gasteiger partial charge on any atom is -0.299 e. The van der Waals surface area contributed by atoms with E-state index >= 15 is 0 Å².